The molecule has 0 saturated heterocycles. The summed E-state index contributed by atoms with van der Waals surface area (Å²) in [6, 6.07) is 9.91. The highest BCUT2D eigenvalue weighted by Gasteiger charge is 2.14. The first-order valence-electron chi connectivity index (χ1n) is 6.42. The van der Waals surface area contributed by atoms with Crippen LogP contribution >= 0.6 is 0 Å². The molecule has 0 aliphatic heterocycles. The van der Waals surface area contributed by atoms with Crippen molar-refractivity contribution in [3.05, 3.63) is 59.2 Å². The number of fused-ring (bicyclic) bond motifs is 1. The molecule has 4 nitrogen and oxygen atoms in total. The number of carboxylic acid groups (broad SMARTS) is 1. The van der Waals surface area contributed by atoms with E-state index in [9.17, 15) is 4.79 Å². The molecule has 2 aromatic heterocycles. The van der Waals surface area contributed by atoms with E-state index in [2.05, 4.69) is 35.8 Å². The van der Waals surface area contributed by atoms with E-state index in [1.54, 1.807) is 13.0 Å². The first kappa shape index (κ1) is 12.5. The zero-order valence-electron chi connectivity index (χ0n) is 11.4. The molecule has 0 radical (unpaired) electrons. The van der Waals surface area contributed by atoms with Crippen molar-refractivity contribution in [3.8, 4) is 0 Å². The summed E-state index contributed by atoms with van der Waals surface area (Å²) >= 11 is 0. The van der Waals surface area contributed by atoms with Gasteiger partial charge in [-0.2, -0.15) is 0 Å². The Kier molecular flexibility index (Phi) is 2.86. The number of hydrogen-bond donors (Lipinski definition) is 1. The predicted octanol–water partition coefficient (Wildman–Crippen LogP) is 3.60. The second-order valence-corrected chi connectivity index (χ2v) is 4.99. The van der Waals surface area contributed by atoms with E-state index in [0.717, 1.165) is 5.52 Å². The summed E-state index contributed by atoms with van der Waals surface area (Å²) in [4.78, 5) is 11.0. The van der Waals surface area contributed by atoms with Crippen LogP contribution in [0.3, 0.4) is 0 Å². The SMILES string of the molecule is Cc1ccc2c(ccn2Cc2cc(C(=O)O)c(C)o2)c1. The van der Waals surface area contributed by atoms with E-state index in [4.69, 9.17) is 9.52 Å². The fourth-order valence-electron chi connectivity index (χ4n) is 2.46. The number of aromatic carboxylic acids is 1. The van der Waals surface area contributed by atoms with Crippen LogP contribution in [0, 0.1) is 13.8 Å². The molecule has 1 aromatic carbocycles. The maximum absolute atomic E-state index is 11.0. The number of aromatic nitrogens is 1. The Morgan fingerprint density at radius 3 is 2.75 bits per heavy atom. The molecule has 0 bridgehead atoms. The highest BCUT2D eigenvalue weighted by atomic mass is 16.4. The van der Waals surface area contributed by atoms with Gasteiger partial charge >= 0.3 is 5.97 Å². The molecule has 2 heterocycles. The molecule has 0 amide bonds. The minimum Gasteiger partial charge on any atom is -0.478 e. The van der Waals surface area contributed by atoms with Gasteiger partial charge in [0.05, 0.1) is 6.54 Å². The van der Waals surface area contributed by atoms with Crippen molar-refractivity contribution in [3.63, 3.8) is 0 Å². The van der Waals surface area contributed by atoms with E-state index >= 15 is 0 Å². The van der Waals surface area contributed by atoms with Crippen LogP contribution in [0.1, 0.15) is 27.4 Å². The molecule has 0 aliphatic rings. The number of benzene rings is 1. The fraction of sp³-hybridized carbons (Fsp3) is 0.188. The fourth-order valence-corrected chi connectivity index (χ4v) is 2.46. The topological polar surface area (TPSA) is 55.4 Å². The van der Waals surface area contributed by atoms with Crippen LogP contribution < -0.4 is 0 Å². The van der Waals surface area contributed by atoms with Crippen LogP contribution in [0.2, 0.25) is 0 Å². The predicted molar refractivity (Wildman–Crippen MR) is 76.2 cm³/mol. The van der Waals surface area contributed by atoms with Crippen molar-refractivity contribution in [1.29, 1.82) is 0 Å². The van der Waals surface area contributed by atoms with Crippen molar-refractivity contribution in [2.75, 3.05) is 0 Å². The molecule has 20 heavy (non-hydrogen) atoms. The second kappa shape index (κ2) is 4.56. The normalized spacial score (nSPS) is 11.1. The maximum Gasteiger partial charge on any atom is 0.339 e. The van der Waals surface area contributed by atoms with Crippen LogP contribution in [0.25, 0.3) is 10.9 Å². The van der Waals surface area contributed by atoms with Gasteiger partial charge in [0.2, 0.25) is 0 Å². The van der Waals surface area contributed by atoms with E-state index in [1.165, 1.54) is 10.9 Å². The van der Waals surface area contributed by atoms with Crippen LogP contribution in [0.4, 0.5) is 0 Å². The average Bonchev–Trinajstić information content (AvgIpc) is 2.94. The van der Waals surface area contributed by atoms with Crippen molar-refractivity contribution >= 4 is 16.9 Å². The zero-order chi connectivity index (χ0) is 14.3. The van der Waals surface area contributed by atoms with Crippen molar-refractivity contribution in [2.45, 2.75) is 20.4 Å². The van der Waals surface area contributed by atoms with Gasteiger partial charge in [-0.05, 0) is 43.5 Å². The minimum atomic E-state index is -0.953. The van der Waals surface area contributed by atoms with E-state index in [1.807, 2.05) is 6.20 Å². The van der Waals surface area contributed by atoms with Gasteiger partial charge in [-0.1, -0.05) is 11.6 Å². The summed E-state index contributed by atoms with van der Waals surface area (Å²) in [5.74, 6) is 0.142. The summed E-state index contributed by atoms with van der Waals surface area (Å²) in [5.41, 5.74) is 2.56. The summed E-state index contributed by atoms with van der Waals surface area (Å²) in [6.07, 6.45) is 1.99. The van der Waals surface area contributed by atoms with E-state index in [0.29, 0.717) is 18.1 Å². The molecular formula is C16H15NO3. The third-order valence-electron chi connectivity index (χ3n) is 3.45. The van der Waals surface area contributed by atoms with E-state index < -0.39 is 5.97 Å². The number of aryl methyl sites for hydroxylation is 2. The minimum absolute atomic E-state index is 0.229. The zero-order valence-corrected chi connectivity index (χ0v) is 11.4. The van der Waals surface area contributed by atoms with Gasteiger partial charge in [-0.15, -0.1) is 0 Å². The number of carboxylic acids is 1. The lowest BCUT2D eigenvalue weighted by molar-refractivity contribution is 0.0695. The number of carbonyl (C=O) groups is 1. The van der Waals surface area contributed by atoms with Crippen LogP contribution in [0.15, 0.2) is 40.9 Å². The summed E-state index contributed by atoms with van der Waals surface area (Å²) in [5, 5.41) is 10.2. The van der Waals surface area contributed by atoms with Gasteiger partial charge in [-0.25, -0.2) is 4.79 Å². The van der Waals surface area contributed by atoms with Crippen LogP contribution in [0.5, 0.6) is 0 Å². The molecule has 0 atom stereocenters. The molecule has 102 valence electrons. The molecule has 0 unspecified atom stereocenters. The lowest BCUT2D eigenvalue weighted by atomic mass is 10.2. The summed E-state index contributed by atoms with van der Waals surface area (Å²) in [7, 11) is 0. The Hall–Kier alpha value is -2.49. The standard InChI is InChI=1S/C16H15NO3/c1-10-3-4-15-12(7-10)5-6-17(15)9-13-8-14(16(18)19)11(2)20-13/h3-8H,9H2,1-2H3,(H,18,19). The third-order valence-corrected chi connectivity index (χ3v) is 3.45. The van der Waals surface area contributed by atoms with Gasteiger partial charge < -0.3 is 14.1 Å². The van der Waals surface area contributed by atoms with E-state index in [-0.39, 0.29) is 5.56 Å². The number of hydrogen-bond acceptors (Lipinski definition) is 2. The lowest BCUT2D eigenvalue weighted by Crippen LogP contribution is -1.97. The number of nitrogens with zero attached hydrogens (tertiary/aromatic N) is 1. The highest BCUT2D eigenvalue weighted by molar-refractivity contribution is 5.88. The first-order valence-corrected chi connectivity index (χ1v) is 6.42. The molecule has 0 aliphatic carbocycles. The summed E-state index contributed by atoms with van der Waals surface area (Å²) < 4.78 is 7.57. The Morgan fingerprint density at radius 2 is 2.05 bits per heavy atom. The number of furan rings is 1. The Balaban J connectivity index is 1.97. The molecule has 1 N–H and O–H groups in total. The highest BCUT2D eigenvalue weighted by Crippen LogP contribution is 2.21. The monoisotopic (exact) mass is 269 g/mol. The Labute approximate surface area is 116 Å². The third kappa shape index (κ3) is 2.09. The van der Waals surface area contributed by atoms with Crippen LogP contribution in [-0.2, 0) is 6.54 Å². The maximum atomic E-state index is 11.0. The van der Waals surface area contributed by atoms with Gasteiger partial charge in [0.1, 0.15) is 17.1 Å². The Bertz CT molecular complexity index is 795. The largest absolute Gasteiger partial charge is 0.478 e. The molecule has 3 rings (SSSR count). The van der Waals surface area contributed by atoms with Crippen molar-refractivity contribution < 1.29 is 14.3 Å². The Morgan fingerprint density at radius 1 is 1.25 bits per heavy atom. The van der Waals surface area contributed by atoms with Gasteiger partial charge in [-0.3, -0.25) is 0 Å². The lowest BCUT2D eigenvalue weighted by Gasteiger charge is -2.03. The average molecular weight is 269 g/mol. The molecular weight excluding hydrogens is 254 g/mol. The van der Waals surface area contributed by atoms with Crippen molar-refractivity contribution in [2.24, 2.45) is 0 Å². The molecule has 0 fully saturated rings. The molecule has 4 heteroatoms. The molecule has 0 saturated carbocycles. The first-order chi connectivity index (χ1) is 9.54. The smallest absolute Gasteiger partial charge is 0.339 e. The molecule has 0 spiro atoms. The quantitative estimate of drug-likeness (QED) is 0.790. The number of rotatable bonds is 3. The van der Waals surface area contributed by atoms with Crippen molar-refractivity contribution in [1.82, 2.24) is 4.57 Å². The van der Waals surface area contributed by atoms with Gasteiger partial charge in [0.25, 0.3) is 0 Å². The van der Waals surface area contributed by atoms with Gasteiger partial charge in [0, 0.05) is 11.7 Å². The van der Waals surface area contributed by atoms with Crippen LogP contribution in [-0.4, -0.2) is 15.6 Å². The van der Waals surface area contributed by atoms with Gasteiger partial charge in [0.15, 0.2) is 0 Å². The second-order valence-electron chi connectivity index (χ2n) is 4.99. The molecule has 3 aromatic rings. The summed E-state index contributed by atoms with van der Waals surface area (Å²) in [6.45, 7) is 4.26.